The monoisotopic (exact) mass is 557 g/mol. The van der Waals surface area contributed by atoms with Crippen LogP contribution in [-0.2, 0) is 17.9 Å². The maximum Gasteiger partial charge on any atom is 0.293 e. The first-order valence-corrected chi connectivity index (χ1v) is 12.4. The van der Waals surface area contributed by atoms with Crippen LogP contribution in [0.5, 0.6) is 11.5 Å². The molecule has 5 nitrogen and oxygen atoms in total. The molecule has 0 spiro atoms. The maximum absolute atomic E-state index is 12.9. The number of nitrogens with zero attached hydrogens (tertiary/aromatic N) is 1. The third-order valence-corrected chi connectivity index (χ3v) is 6.93. The lowest BCUT2D eigenvalue weighted by molar-refractivity contribution is -0.123. The third-order valence-electron chi connectivity index (χ3n) is 5.18. The number of ether oxygens (including phenoxy) is 2. The van der Waals surface area contributed by atoms with E-state index in [1.165, 1.54) is 10.5 Å². The molecule has 0 unspecified atom stereocenters. The summed E-state index contributed by atoms with van der Waals surface area (Å²) in [4.78, 5) is 27.0. The Bertz CT molecular complexity index is 1260. The lowest BCUT2D eigenvalue weighted by Crippen LogP contribution is -2.27. The molecular weight excluding hydrogens is 538 g/mol. The zero-order valence-corrected chi connectivity index (χ0v) is 21.7. The van der Waals surface area contributed by atoms with E-state index in [9.17, 15) is 9.59 Å². The van der Waals surface area contributed by atoms with Gasteiger partial charge in [-0.15, -0.1) is 0 Å². The van der Waals surface area contributed by atoms with Crippen LogP contribution in [0.3, 0.4) is 0 Å². The van der Waals surface area contributed by atoms with Gasteiger partial charge in [-0.05, 0) is 81.6 Å². The summed E-state index contributed by atoms with van der Waals surface area (Å²) >= 11 is 10.4. The van der Waals surface area contributed by atoms with E-state index in [1.54, 1.807) is 43.5 Å². The summed E-state index contributed by atoms with van der Waals surface area (Å²) < 4.78 is 12.2. The molecule has 174 valence electrons. The van der Waals surface area contributed by atoms with Gasteiger partial charge in [-0.25, -0.2) is 0 Å². The molecule has 3 aromatic carbocycles. The summed E-state index contributed by atoms with van der Waals surface area (Å²) in [5.41, 5.74) is 3.76. The second-order valence-corrected chi connectivity index (χ2v) is 9.99. The average molecular weight is 559 g/mol. The van der Waals surface area contributed by atoms with E-state index in [1.807, 2.05) is 37.3 Å². The smallest absolute Gasteiger partial charge is 0.293 e. The van der Waals surface area contributed by atoms with Crippen molar-refractivity contribution in [2.24, 2.45) is 0 Å². The molecule has 34 heavy (non-hydrogen) atoms. The first-order chi connectivity index (χ1) is 16.3. The van der Waals surface area contributed by atoms with Crippen molar-refractivity contribution in [3.8, 4) is 11.5 Å². The van der Waals surface area contributed by atoms with Crippen LogP contribution in [0.25, 0.3) is 6.08 Å². The Morgan fingerprint density at radius 1 is 1.03 bits per heavy atom. The Hall–Kier alpha value is -2.74. The van der Waals surface area contributed by atoms with E-state index in [4.69, 9.17) is 21.1 Å². The number of halogens is 2. The van der Waals surface area contributed by atoms with Crippen LogP contribution < -0.4 is 9.47 Å². The van der Waals surface area contributed by atoms with E-state index in [2.05, 4.69) is 15.9 Å². The van der Waals surface area contributed by atoms with E-state index >= 15 is 0 Å². The Balaban J connectivity index is 1.52. The molecule has 3 aromatic rings. The first kappa shape index (κ1) is 24.4. The van der Waals surface area contributed by atoms with Crippen LogP contribution in [0.15, 0.2) is 70.0 Å². The normalized spacial score (nSPS) is 14.7. The van der Waals surface area contributed by atoms with Gasteiger partial charge in [0.1, 0.15) is 6.61 Å². The van der Waals surface area contributed by atoms with Crippen molar-refractivity contribution < 1.29 is 19.1 Å². The number of thioether (sulfide) groups is 1. The molecule has 0 atom stereocenters. The second kappa shape index (κ2) is 10.7. The average Bonchev–Trinajstić information content (AvgIpc) is 3.07. The fourth-order valence-electron chi connectivity index (χ4n) is 3.36. The predicted molar refractivity (Wildman–Crippen MR) is 139 cm³/mol. The van der Waals surface area contributed by atoms with Crippen molar-refractivity contribution >= 4 is 56.5 Å². The Morgan fingerprint density at radius 3 is 2.38 bits per heavy atom. The van der Waals surface area contributed by atoms with Gasteiger partial charge in [-0.2, -0.15) is 0 Å². The zero-order chi connectivity index (χ0) is 24.2. The van der Waals surface area contributed by atoms with Crippen molar-refractivity contribution in [3.63, 3.8) is 0 Å². The van der Waals surface area contributed by atoms with E-state index in [-0.39, 0.29) is 17.7 Å². The number of hydrogen-bond acceptors (Lipinski definition) is 5. The zero-order valence-electron chi connectivity index (χ0n) is 18.5. The fraction of sp³-hybridized carbons (Fsp3) is 0.154. The van der Waals surface area contributed by atoms with Gasteiger partial charge in [-0.1, -0.05) is 53.6 Å². The molecule has 1 fully saturated rings. The van der Waals surface area contributed by atoms with Gasteiger partial charge in [0.15, 0.2) is 11.5 Å². The van der Waals surface area contributed by atoms with E-state index in [0.29, 0.717) is 38.1 Å². The summed E-state index contributed by atoms with van der Waals surface area (Å²) in [6.45, 7) is 2.62. The fourth-order valence-corrected chi connectivity index (χ4v) is 4.90. The number of amides is 2. The lowest BCUT2D eigenvalue weighted by atomic mass is 10.1. The molecule has 0 radical (unpaired) electrons. The highest BCUT2D eigenvalue weighted by molar-refractivity contribution is 9.10. The summed E-state index contributed by atoms with van der Waals surface area (Å²) in [6.07, 6.45) is 1.68. The number of carbonyl (C=O) groups is 2. The van der Waals surface area contributed by atoms with Gasteiger partial charge >= 0.3 is 0 Å². The maximum atomic E-state index is 12.9. The van der Waals surface area contributed by atoms with Crippen LogP contribution in [-0.4, -0.2) is 23.2 Å². The molecule has 8 heteroatoms. The highest BCUT2D eigenvalue weighted by Crippen LogP contribution is 2.39. The number of imide groups is 1. The van der Waals surface area contributed by atoms with Gasteiger partial charge in [0.2, 0.25) is 0 Å². The summed E-state index contributed by atoms with van der Waals surface area (Å²) in [5, 5.41) is 0.291. The lowest BCUT2D eigenvalue weighted by Gasteiger charge is -2.14. The SMILES string of the molecule is COc1cc(/C=C2\SC(=O)N(Cc3ccc(Cl)cc3)C2=O)cc(Br)c1OCc1ccc(C)cc1. The number of rotatable bonds is 7. The quantitative estimate of drug-likeness (QED) is 0.286. The van der Waals surface area contributed by atoms with Crippen LogP contribution in [0.4, 0.5) is 4.79 Å². The number of benzene rings is 3. The molecule has 0 bridgehead atoms. The molecule has 1 saturated heterocycles. The molecule has 0 aliphatic carbocycles. The minimum Gasteiger partial charge on any atom is -0.493 e. The Kier molecular flexibility index (Phi) is 7.66. The van der Waals surface area contributed by atoms with Gasteiger partial charge in [0.25, 0.3) is 11.1 Å². The summed E-state index contributed by atoms with van der Waals surface area (Å²) in [7, 11) is 1.56. The Morgan fingerprint density at radius 2 is 1.71 bits per heavy atom. The van der Waals surface area contributed by atoms with Crippen molar-refractivity contribution in [3.05, 3.63) is 97.3 Å². The van der Waals surface area contributed by atoms with Gasteiger partial charge in [-0.3, -0.25) is 14.5 Å². The molecule has 1 aliphatic rings. The molecule has 0 N–H and O–H groups in total. The van der Waals surface area contributed by atoms with Gasteiger partial charge in [0, 0.05) is 5.02 Å². The number of carbonyl (C=O) groups excluding carboxylic acids is 2. The molecule has 4 rings (SSSR count). The minimum absolute atomic E-state index is 0.192. The highest BCUT2D eigenvalue weighted by atomic mass is 79.9. The second-order valence-electron chi connectivity index (χ2n) is 7.70. The number of aryl methyl sites for hydroxylation is 1. The number of hydrogen-bond donors (Lipinski definition) is 0. The van der Waals surface area contributed by atoms with Crippen LogP contribution >= 0.6 is 39.3 Å². The molecule has 2 amide bonds. The van der Waals surface area contributed by atoms with E-state index in [0.717, 1.165) is 22.9 Å². The standard InChI is InChI=1S/C26H21BrClNO4S/c1-16-3-5-18(6-4-16)15-33-24-21(27)11-19(12-22(24)32-2)13-23-25(30)29(26(31)34-23)14-17-7-9-20(28)10-8-17/h3-13H,14-15H2,1-2H3/b23-13-. The van der Waals surface area contributed by atoms with Crippen LogP contribution in [0, 0.1) is 6.92 Å². The first-order valence-electron chi connectivity index (χ1n) is 10.4. The molecule has 0 saturated carbocycles. The topological polar surface area (TPSA) is 55.8 Å². The summed E-state index contributed by atoms with van der Waals surface area (Å²) in [6, 6.07) is 18.8. The van der Waals surface area contributed by atoms with Crippen LogP contribution in [0.1, 0.15) is 22.3 Å². The molecule has 1 heterocycles. The minimum atomic E-state index is -0.334. The van der Waals surface area contributed by atoms with Crippen molar-refractivity contribution in [1.29, 1.82) is 0 Å². The van der Waals surface area contributed by atoms with E-state index < -0.39 is 0 Å². The molecule has 1 aliphatic heterocycles. The largest absolute Gasteiger partial charge is 0.493 e. The van der Waals surface area contributed by atoms with Crippen molar-refractivity contribution in [2.45, 2.75) is 20.1 Å². The van der Waals surface area contributed by atoms with Crippen LogP contribution in [0.2, 0.25) is 5.02 Å². The number of methoxy groups -OCH3 is 1. The van der Waals surface area contributed by atoms with Gasteiger partial charge < -0.3 is 9.47 Å². The predicted octanol–water partition coefficient (Wildman–Crippen LogP) is 7.24. The molecular formula is C26H21BrClNO4S. The van der Waals surface area contributed by atoms with Crippen molar-refractivity contribution in [2.75, 3.05) is 7.11 Å². The van der Waals surface area contributed by atoms with Crippen molar-refractivity contribution in [1.82, 2.24) is 4.90 Å². The highest BCUT2D eigenvalue weighted by Gasteiger charge is 2.35. The van der Waals surface area contributed by atoms with Gasteiger partial charge in [0.05, 0.1) is 23.0 Å². The third kappa shape index (κ3) is 5.66. The Labute approximate surface area is 215 Å². The summed E-state index contributed by atoms with van der Waals surface area (Å²) in [5.74, 6) is 0.754. The molecule has 0 aromatic heterocycles.